The summed E-state index contributed by atoms with van der Waals surface area (Å²) in [6.07, 6.45) is 0.157. The van der Waals surface area contributed by atoms with Gasteiger partial charge in [0.05, 0.1) is 13.2 Å². The van der Waals surface area contributed by atoms with Gasteiger partial charge in [-0.25, -0.2) is 0 Å². The molecule has 1 aromatic rings. The van der Waals surface area contributed by atoms with E-state index in [1.807, 2.05) is 37.3 Å². The molecule has 4 nitrogen and oxygen atoms in total. The zero-order chi connectivity index (χ0) is 13.4. The highest BCUT2D eigenvalue weighted by Gasteiger charge is 2.12. The van der Waals surface area contributed by atoms with Crippen LogP contribution in [0.1, 0.15) is 19.8 Å². The lowest BCUT2D eigenvalue weighted by molar-refractivity contribution is -0.141. The molecule has 1 N–H and O–H groups in total. The van der Waals surface area contributed by atoms with Crippen LogP contribution in [0.5, 0.6) is 0 Å². The van der Waals surface area contributed by atoms with Crippen molar-refractivity contribution in [2.24, 2.45) is 0 Å². The summed E-state index contributed by atoms with van der Waals surface area (Å²) in [4.78, 5) is 13.1. The van der Waals surface area contributed by atoms with Crippen LogP contribution in [-0.2, 0) is 9.53 Å². The van der Waals surface area contributed by atoms with Crippen LogP contribution in [0.15, 0.2) is 30.3 Å². The highest BCUT2D eigenvalue weighted by molar-refractivity contribution is 5.69. The lowest BCUT2D eigenvalue weighted by Crippen LogP contribution is -2.32. The summed E-state index contributed by atoms with van der Waals surface area (Å²) in [6, 6.07) is 9.93. The molecule has 0 aromatic heterocycles. The highest BCUT2D eigenvalue weighted by atomic mass is 16.5. The molecule has 0 aliphatic carbocycles. The molecule has 0 spiro atoms. The van der Waals surface area contributed by atoms with Gasteiger partial charge in [-0.1, -0.05) is 18.2 Å². The number of aliphatic hydroxyl groups is 1. The number of ether oxygens (including phenoxy) is 1. The molecule has 0 saturated carbocycles. The summed E-state index contributed by atoms with van der Waals surface area (Å²) in [5, 5.41) is 9.91. The van der Waals surface area contributed by atoms with Crippen molar-refractivity contribution in [1.82, 2.24) is 0 Å². The van der Waals surface area contributed by atoms with Crippen LogP contribution >= 0.6 is 0 Å². The maximum atomic E-state index is 11.0. The lowest BCUT2D eigenvalue weighted by atomic mass is 10.1. The van der Waals surface area contributed by atoms with Crippen LogP contribution in [0.25, 0.3) is 0 Å². The molecule has 18 heavy (non-hydrogen) atoms. The van der Waals surface area contributed by atoms with Crippen LogP contribution in [0.2, 0.25) is 0 Å². The molecule has 1 aromatic carbocycles. The zero-order valence-electron chi connectivity index (χ0n) is 11.0. The van der Waals surface area contributed by atoms with Crippen molar-refractivity contribution in [3.8, 4) is 0 Å². The first-order chi connectivity index (χ1) is 8.67. The number of methoxy groups -OCH3 is 1. The normalized spacial score (nSPS) is 11.9. The second-order valence-electron chi connectivity index (χ2n) is 4.14. The number of anilines is 1. The third-order valence-corrected chi connectivity index (χ3v) is 2.84. The van der Waals surface area contributed by atoms with E-state index in [0.29, 0.717) is 13.0 Å². The average Bonchev–Trinajstić information content (AvgIpc) is 2.43. The second-order valence-corrected chi connectivity index (χ2v) is 4.14. The highest BCUT2D eigenvalue weighted by Crippen LogP contribution is 2.14. The van der Waals surface area contributed by atoms with Crippen molar-refractivity contribution in [3.63, 3.8) is 0 Å². The largest absolute Gasteiger partial charge is 0.469 e. The fraction of sp³-hybridized carbons (Fsp3) is 0.500. The SMILES string of the molecule is CCN(CC(O)CCC(=O)OC)c1ccccc1. The number of benzene rings is 1. The topological polar surface area (TPSA) is 49.8 Å². The number of rotatable bonds is 7. The van der Waals surface area contributed by atoms with Crippen molar-refractivity contribution in [1.29, 1.82) is 0 Å². The van der Waals surface area contributed by atoms with Gasteiger partial charge in [0.15, 0.2) is 0 Å². The van der Waals surface area contributed by atoms with E-state index < -0.39 is 6.10 Å². The molecule has 0 heterocycles. The van der Waals surface area contributed by atoms with E-state index in [4.69, 9.17) is 0 Å². The van der Waals surface area contributed by atoms with Gasteiger partial charge < -0.3 is 14.7 Å². The summed E-state index contributed by atoms with van der Waals surface area (Å²) in [7, 11) is 1.36. The molecular weight excluding hydrogens is 230 g/mol. The average molecular weight is 251 g/mol. The van der Waals surface area contributed by atoms with Gasteiger partial charge in [-0.05, 0) is 25.5 Å². The van der Waals surface area contributed by atoms with Crippen molar-refractivity contribution in [3.05, 3.63) is 30.3 Å². The molecule has 1 unspecified atom stereocenters. The number of hydrogen-bond acceptors (Lipinski definition) is 4. The molecule has 1 rings (SSSR count). The lowest BCUT2D eigenvalue weighted by Gasteiger charge is -2.25. The zero-order valence-corrected chi connectivity index (χ0v) is 11.0. The summed E-state index contributed by atoms with van der Waals surface area (Å²) < 4.78 is 4.55. The number of carbonyl (C=O) groups is 1. The Hall–Kier alpha value is -1.55. The number of para-hydroxylation sites is 1. The Balaban J connectivity index is 2.46. The molecule has 0 saturated heterocycles. The predicted octanol–water partition coefficient (Wildman–Crippen LogP) is 1.83. The first kappa shape index (κ1) is 14.5. The third-order valence-electron chi connectivity index (χ3n) is 2.84. The molecule has 0 bridgehead atoms. The Morgan fingerprint density at radius 1 is 1.39 bits per heavy atom. The standard InChI is InChI=1S/C14H21NO3/c1-3-15(12-7-5-4-6-8-12)11-13(16)9-10-14(17)18-2/h4-8,13,16H,3,9-11H2,1-2H3. The minimum Gasteiger partial charge on any atom is -0.469 e. The molecule has 1 atom stereocenters. The fourth-order valence-corrected chi connectivity index (χ4v) is 1.79. The number of esters is 1. The van der Waals surface area contributed by atoms with E-state index in [1.165, 1.54) is 7.11 Å². The van der Waals surface area contributed by atoms with Gasteiger partial charge in [0.2, 0.25) is 0 Å². The number of nitrogens with zero attached hydrogens (tertiary/aromatic N) is 1. The van der Waals surface area contributed by atoms with E-state index in [1.54, 1.807) is 0 Å². The Kier molecular flexibility index (Phi) is 6.22. The summed E-state index contributed by atoms with van der Waals surface area (Å²) in [6.45, 7) is 3.39. The first-order valence-corrected chi connectivity index (χ1v) is 6.22. The quantitative estimate of drug-likeness (QED) is 0.751. The fourth-order valence-electron chi connectivity index (χ4n) is 1.79. The summed E-state index contributed by atoms with van der Waals surface area (Å²) in [5.74, 6) is -0.281. The van der Waals surface area contributed by atoms with Crippen LogP contribution < -0.4 is 4.90 Å². The van der Waals surface area contributed by atoms with E-state index in [0.717, 1.165) is 12.2 Å². The van der Waals surface area contributed by atoms with E-state index in [-0.39, 0.29) is 12.4 Å². The molecule has 100 valence electrons. The van der Waals surface area contributed by atoms with E-state index in [2.05, 4.69) is 9.64 Å². The van der Waals surface area contributed by atoms with Crippen LogP contribution in [0.4, 0.5) is 5.69 Å². The van der Waals surface area contributed by atoms with E-state index in [9.17, 15) is 9.90 Å². The predicted molar refractivity (Wildman–Crippen MR) is 71.6 cm³/mol. The van der Waals surface area contributed by atoms with Crippen molar-refractivity contribution < 1.29 is 14.6 Å². The van der Waals surface area contributed by atoms with Crippen LogP contribution in [0, 0.1) is 0 Å². The van der Waals surface area contributed by atoms with Gasteiger partial charge in [0, 0.05) is 25.2 Å². The molecule has 0 aliphatic rings. The number of hydrogen-bond donors (Lipinski definition) is 1. The minimum absolute atomic E-state index is 0.254. The third kappa shape index (κ3) is 4.75. The van der Waals surface area contributed by atoms with Crippen LogP contribution in [0.3, 0.4) is 0 Å². The number of carbonyl (C=O) groups excluding carboxylic acids is 1. The van der Waals surface area contributed by atoms with E-state index >= 15 is 0 Å². The van der Waals surface area contributed by atoms with Gasteiger partial charge in [-0.3, -0.25) is 4.79 Å². The summed E-state index contributed by atoms with van der Waals surface area (Å²) >= 11 is 0. The Morgan fingerprint density at radius 3 is 2.61 bits per heavy atom. The molecule has 0 amide bonds. The van der Waals surface area contributed by atoms with Gasteiger partial charge in [-0.2, -0.15) is 0 Å². The Bertz CT molecular complexity index is 353. The molecule has 0 fully saturated rings. The molecular formula is C14H21NO3. The van der Waals surface area contributed by atoms with Crippen molar-refractivity contribution in [2.75, 3.05) is 25.1 Å². The number of likely N-dealkylation sites (N-methyl/N-ethyl adjacent to an activating group) is 1. The molecule has 4 heteroatoms. The van der Waals surface area contributed by atoms with Crippen molar-refractivity contribution in [2.45, 2.75) is 25.9 Å². The monoisotopic (exact) mass is 251 g/mol. The Labute approximate surface area is 108 Å². The van der Waals surface area contributed by atoms with Crippen LogP contribution in [-0.4, -0.2) is 37.4 Å². The molecule has 0 aliphatic heterocycles. The second kappa shape index (κ2) is 7.71. The summed E-state index contributed by atoms with van der Waals surface area (Å²) in [5.41, 5.74) is 1.08. The van der Waals surface area contributed by atoms with Gasteiger partial charge >= 0.3 is 5.97 Å². The smallest absolute Gasteiger partial charge is 0.305 e. The first-order valence-electron chi connectivity index (χ1n) is 6.22. The van der Waals surface area contributed by atoms with Gasteiger partial charge in [0.1, 0.15) is 0 Å². The molecule has 0 radical (unpaired) electrons. The van der Waals surface area contributed by atoms with Crippen molar-refractivity contribution >= 4 is 11.7 Å². The maximum Gasteiger partial charge on any atom is 0.305 e. The van der Waals surface area contributed by atoms with Gasteiger partial charge in [-0.15, -0.1) is 0 Å². The Morgan fingerprint density at radius 2 is 2.06 bits per heavy atom. The minimum atomic E-state index is -0.524. The number of aliphatic hydroxyl groups excluding tert-OH is 1. The van der Waals surface area contributed by atoms with Gasteiger partial charge in [0.25, 0.3) is 0 Å². The maximum absolute atomic E-state index is 11.0.